The van der Waals surface area contributed by atoms with Crippen LogP contribution in [0.4, 0.5) is 10.5 Å². The van der Waals surface area contributed by atoms with Gasteiger partial charge in [-0.15, -0.1) is 0 Å². The van der Waals surface area contributed by atoms with E-state index in [9.17, 15) is 4.79 Å². The van der Waals surface area contributed by atoms with Gasteiger partial charge in [-0.05, 0) is 55.5 Å². The second kappa shape index (κ2) is 8.39. The summed E-state index contributed by atoms with van der Waals surface area (Å²) in [6.45, 7) is 2.13. The minimum Gasteiger partial charge on any atom is -0.491 e. The molecule has 2 amide bonds. The van der Waals surface area contributed by atoms with Crippen LogP contribution in [-0.2, 0) is 4.74 Å². The Balaban J connectivity index is 1.38. The van der Waals surface area contributed by atoms with Crippen LogP contribution in [0.1, 0.15) is 37.3 Å². The van der Waals surface area contributed by atoms with Gasteiger partial charge in [-0.2, -0.15) is 0 Å². The minimum absolute atomic E-state index is 0.0782. The number of anilines is 1. The summed E-state index contributed by atoms with van der Waals surface area (Å²) >= 11 is 0. The summed E-state index contributed by atoms with van der Waals surface area (Å²) in [5, 5.41) is 3.01. The number of pyridine rings is 1. The fourth-order valence-corrected chi connectivity index (χ4v) is 3.77. The van der Waals surface area contributed by atoms with Crippen LogP contribution in [0, 0.1) is 0 Å². The van der Waals surface area contributed by atoms with Gasteiger partial charge in [-0.1, -0.05) is 6.07 Å². The number of hydrogen-bond donors (Lipinski definition) is 1. The van der Waals surface area contributed by atoms with Crippen molar-refractivity contribution >= 4 is 11.7 Å². The van der Waals surface area contributed by atoms with Crippen molar-refractivity contribution in [2.45, 2.75) is 37.8 Å². The molecule has 1 aromatic carbocycles. The Kier molecular flexibility index (Phi) is 5.53. The zero-order chi connectivity index (χ0) is 18.5. The highest BCUT2D eigenvalue weighted by molar-refractivity contribution is 5.90. The van der Waals surface area contributed by atoms with Crippen LogP contribution in [-0.4, -0.2) is 41.8 Å². The van der Waals surface area contributed by atoms with Crippen molar-refractivity contribution in [1.29, 1.82) is 0 Å². The first-order chi connectivity index (χ1) is 13.3. The molecule has 1 N–H and O–H groups in total. The molecule has 2 aliphatic rings. The standard InChI is InChI=1S/C21H25N3O3/c25-21(24-12-2-7-20(24)16-8-10-22-11-9-16)23-17-4-1-5-18(14-17)27-15-19-6-3-13-26-19/h1,4-5,8-11,14,19-20H,2-3,6-7,12-13,15H2,(H,23,25). The van der Waals surface area contributed by atoms with Crippen molar-refractivity contribution in [3.8, 4) is 5.75 Å². The maximum atomic E-state index is 12.8. The summed E-state index contributed by atoms with van der Waals surface area (Å²) in [6.07, 6.45) is 7.85. The summed E-state index contributed by atoms with van der Waals surface area (Å²) in [5.74, 6) is 0.746. The van der Waals surface area contributed by atoms with Crippen molar-refractivity contribution in [2.24, 2.45) is 0 Å². The highest BCUT2D eigenvalue weighted by Crippen LogP contribution is 2.32. The third-order valence-corrected chi connectivity index (χ3v) is 5.15. The molecular weight excluding hydrogens is 342 g/mol. The maximum absolute atomic E-state index is 12.8. The van der Waals surface area contributed by atoms with E-state index in [4.69, 9.17) is 9.47 Å². The molecule has 0 aliphatic carbocycles. The van der Waals surface area contributed by atoms with Gasteiger partial charge in [-0.25, -0.2) is 4.79 Å². The lowest BCUT2D eigenvalue weighted by atomic mass is 10.1. The summed E-state index contributed by atoms with van der Waals surface area (Å²) in [4.78, 5) is 18.8. The summed E-state index contributed by atoms with van der Waals surface area (Å²) in [6, 6.07) is 11.5. The minimum atomic E-state index is -0.0782. The second-order valence-electron chi connectivity index (χ2n) is 7.04. The second-order valence-corrected chi connectivity index (χ2v) is 7.04. The summed E-state index contributed by atoms with van der Waals surface area (Å²) in [7, 11) is 0. The molecule has 6 nitrogen and oxygen atoms in total. The normalized spacial score (nSPS) is 22.0. The number of likely N-dealkylation sites (tertiary alicyclic amines) is 1. The third-order valence-electron chi connectivity index (χ3n) is 5.15. The number of nitrogens with one attached hydrogen (secondary N) is 1. The van der Waals surface area contributed by atoms with Gasteiger partial charge in [0.15, 0.2) is 0 Å². The Morgan fingerprint density at radius 3 is 2.93 bits per heavy atom. The van der Waals surface area contributed by atoms with Crippen LogP contribution in [0.2, 0.25) is 0 Å². The average molecular weight is 367 g/mol. The molecule has 0 spiro atoms. The zero-order valence-corrected chi connectivity index (χ0v) is 15.3. The monoisotopic (exact) mass is 367 g/mol. The van der Waals surface area contributed by atoms with E-state index in [2.05, 4.69) is 10.3 Å². The lowest BCUT2D eigenvalue weighted by Crippen LogP contribution is -2.34. The maximum Gasteiger partial charge on any atom is 0.322 e. The molecule has 1 aromatic heterocycles. The number of benzene rings is 1. The Morgan fingerprint density at radius 1 is 1.22 bits per heavy atom. The number of ether oxygens (including phenoxy) is 2. The average Bonchev–Trinajstić information content (AvgIpc) is 3.39. The predicted octanol–water partition coefficient (Wildman–Crippen LogP) is 4.01. The van der Waals surface area contributed by atoms with Crippen LogP contribution < -0.4 is 10.1 Å². The topological polar surface area (TPSA) is 63.7 Å². The Hall–Kier alpha value is -2.60. The molecule has 0 saturated carbocycles. The molecule has 2 aromatic rings. The lowest BCUT2D eigenvalue weighted by molar-refractivity contribution is 0.0680. The molecule has 2 atom stereocenters. The Labute approximate surface area is 159 Å². The van der Waals surface area contributed by atoms with E-state index in [0.29, 0.717) is 6.61 Å². The quantitative estimate of drug-likeness (QED) is 0.867. The van der Waals surface area contributed by atoms with Gasteiger partial charge in [0.25, 0.3) is 0 Å². The number of aromatic nitrogens is 1. The molecule has 2 fully saturated rings. The highest BCUT2D eigenvalue weighted by atomic mass is 16.5. The van der Waals surface area contributed by atoms with Gasteiger partial charge in [0.2, 0.25) is 0 Å². The largest absolute Gasteiger partial charge is 0.491 e. The number of hydrogen-bond acceptors (Lipinski definition) is 4. The zero-order valence-electron chi connectivity index (χ0n) is 15.3. The fourth-order valence-electron chi connectivity index (χ4n) is 3.77. The van der Waals surface area contributed by atoms with Crippen molar-refractivity contribution in [1.82, 2.24) is 9.88 Å². The Bertz CT molecular complexity index is 762. The van der Waals surface area contributed by atoms with E-state index >= 15 is 0 Å². The highest BCUT2D eigenvalue weighted by Gasteiger charge is 2.30. The molecular formula is C21H25N3O3. The van der Waals surface area contributed by atoms with Gasteiger partial charge in [0.1, 0.15) is 12.4 Å². The first-order valence-corrected chi connectivity index (χ1v) is 9.61. The molecule has 0 bridgehead atoms. The van der Waals surface area contributed by atoms with Crippen LogP contribution in [0.25, 0.3) is 0 Å². The summed E-state index contributed by atoms with van der Waals surface area (Å²) in [5.41, 5.74) is 1.87. The van der Waals surface area contributed by atoms with Gasteiger partial charge < -0.3 is 19.7 Å². The van der Waals surface area contributed by atoms with E-state index in [1.807, 2.05) is 41.3 Å². The predicted molar refractivity (Wildman–Crippen MR) is 103 cm³/mol. The van der Waals surface area contributed by atoms with Crippen LogP contribution in [0.15, 0.2) is 48.8 Å². The molecule has 2 saturated heterocycles. The first kappa shape index (κ1) is 17.8. The van der Waals surface area contributed by atoms with Crippen molar-refractivity contribution < 1.29 is 14.3 Å². The Morgan fingerprint density at radius 2 is 2.11 bits per heavy atom. The number of carbonyl (C=O) groups is 1. The van der Waals surface area contributed by atoms with Crippen LogP contribution in [0.3, 0.4) is 0 Å². The molecule has 4 rings (SSSR count). The molecule has 3 heterocycles. The fraction of sp³-hybridized carbons (Fsp3) is 0.429. The molecule has 2 unspecified atom stereocenters. The molecule has 142 valence electrons. The van der Waals surface area contributed by atoms with Crippen LogP contribution >= 0.6 is 0 Å². The van der Waals surface area contributed by atoms with E-state index in [1.165, 1.54) is 0 Å². The number of amides is 2. The van der Waals surface area contributed by atoms with E-state index < -0.39 is 0 Å². The lowest BCUT2D eigenvalue weighted by Gasteiger charge is -2.25. The summed E-state index contributed by atoms with van der Waals surface area (Å²) < 4.78 is 11.4. The first-order valence-electron chi connectivity index (χ1n) is 9.61. The molecule has 6 heteroatoms. The van der Waals surface area contributed by atoms with Gasteiger partial charge >= 0.3 is 6.03 Å². The van der Waals surface area contributed by atoms with Gasteiger partial charge in [0.05, 0.1) is 12.1 Å². The SMILES string of the molecule is O=C(Nc1cccc(OCC2CCCO2)c1)N1CCCC1c1ccncc1. The number of nitrogens with zero attached hydrogens (tertiary/aromatic N) is 2. The van der Waals surface area contributed by atoms with Crippen molar-refractivity contribution in [3.63, 3.8) is 0 Å². The number of rotatable bonds is 5. The van der Waals surface area contributed by atoms with Gasteiger partial charge in [0, 0.05) is 37.3 Å². The van der Waals surface area contributed by atoms with Crippen molar-refractivity contribution in [2.75, 3.05) is 25.1 Å². The number of carbonyl (C=O) groups excluding carboxylic acids is 1. The van der Waals surface area contributed by atoms with E-state index in [0.717, 1.165) is 55.8 Å². The number of urea groups is 1. The van der Waals surface area contributed by atoms with Crippen molar-refractivity contribution in [3.05, 3.63) is 54.4 Å². The molecule has 0 radical (unpaired) electrons. The molecule has 2 aliphatic heterocycles. The van der Waals surface area contributed by atoms with Gasteiger partial charge in [-0.3, -0.25) is 4.98 Å². The van der Waals surface area contributed by atoms with E-state index in [-0.39, 0.29) is 18.2 Å². The molecule has 27 heavy (non-hydrogen) atoms. The van der Waals surface area contributed by atoms with Crippen LogP contribution in [0.5, 0.6) is 5.75 Å². The smallest absolute Gasteiger partial charge is 0.322 e. The third kappa shape index (κ3) is 4.39. The van der Waals surface area contributed by atoms with E-state index in [1.54, 1.807) is 12.4 Å².